The van der Waals surface area contributed by atoms with Gasteiger partial charge >= 0.3 is 0 Å². The van der Waals surface area contributed by atoms with Crippen molar-refractivity contribution in [3.63, 3.8) is 0 Å². The third-order valence-electron chi connectivity index (χ3n) is 3.15. The minimum absolute atomic E-state index is 0.183. The van der Waals surface area contributed by atoms with Crippen LogP contribution in [0, 0.1) is 5.92 Å². The molecule has 0 aromatic heterocycles. The first-order chi connectivity index (χ1) is 8.95. The summed E-state index contributed by atoms with van der Waals surface area (Å²) in [6.07, 6.45) is 14.9. The van der Waals surface area contributed by atoms with Gasteiger partial charge in [-0.3, -0.25) is 0 Å². The van der Waals surface area contributed by atoms with Crippen molar-refractivity contribution in [3.8, 4) is 0 Å². The first-order valence-corrected chi connectivity index (χ1v) is 6.97. The van der Waals surface area contributed by atoms with E-state index in [1.807, 2.05) is 50.3 Å². The van der Waals surface area contributed by atoms with Crippen LogP contribution in [0.3, 0.4) is 0 Å². The highest BCUT2D eigenvalue weighted by atomic mass is 16.3. The van der Waals surface area contributed by atoms with E-state index in [4.69, 9.17) is 0 Å². The third kappa shape index (κ3) is 9.46. The summed E-state index contributed by atoms with van der Waals surface area (Å²) in [4.78, 5) is 0. The molecule has 2 heteroatoms. The van der Waals surface area contributed by atoms with Crippen LogP contribution in [-0.2, 0) is 0 Å². The molecule has 0 heterocycles. The van der Waals surface area contributed by atoms with Crippen LogP contribution in [0.25, 0.3) is 0 Å². The first-order valence-electron chi connectivity index (χ1n) is 6.97. The fourth-order valence-corrected chi connectivity index (χ4v) is 1.50. The molecule has 108 valence electrons. The maximum absolute atomic E-state index is 9.90. The van der Waals surface area contributed by atoms with Crippen molar-refractivity contribution in [2.45, 2.75) is 51.7 Å². The predicted molar refractivity (Wildman–Crippen MR) is 82.9 cm³/mol. The lowest BCUT2D eigenvalue weighted by Crippen LogP contribution is -2.19. The molecule has 0 bridgehead atoms. The Morgan fingerprint density at radius 3 is 2.42 bits per heavy atom. The fraction of sp³-hybridized carbons (Fsp3) is 0.529. The van der Waals surface area contributed by atoms with Gasteiger partial charge < -0.3 is 10.2 Å². The van der Waals surface area contributed by atoms with Gasteiger partial charge in [-0.1, -0.05) is 49.5 Å². The molecular weight excluding hydrogens is 236 g/mol. The number of rotatable bonds is 9. The van der Waals surface area contributed by atoms with Gasteiger partial charge in [0.15, 0.2) is 0 Å². The largest absolute Gasteiger partial charge is 0.389 e. The quantitative estimate of drug-likeness (QED) is 0.491. The Morgan fingerprint density at radius 2 is 1.89 bits per heavy atom. The molecule has 3 unspecified atom stereocenters. The van der Waals surface area contributed by atoms with Gasteiger partial charge in [0.1, 0.15) is 0 Å². The van der Waals surface area contributed by atoms with E-state index in [2.05, 4.69) is 6.58 Å². The molecule has 0 fully saturated rings. The van der Waals surface area contributed by atoms with E-state index in [0.717, 1.165) is 6.42 Å². The van der Waals surface area contributed by atoms with Gasteiger partial charge in [-0.15, -0.1) is 6.58 Å². The third-order valence-corrected chi connectivity index (χ3v) is 3.15. The van der Waals surface area contributed by atoms with Crippen molar-refractivity contribution >= 4 is 0 Å². The van der Waals surface area contributed by atoms with Crippen molar-refractivity contribution in [3.05, 3.63) is 49.1 Å². The molecule has 0 amide bonds. The zero-order valence-electron chi connectivity index (χ0n) is 12.4. The molecule has 0 aliphatic heterocycles. The zero-order chi connectivity index (χ0) is 14.7. The maximum Gasteiger partial charge on any atom is 0.0797 e. The van der Waals surface area contributed by atoms with Crippen LogP contribution in [0.1, 0.15) is 40.0 Å². The minimum Gasteiger partial charge on any atom is -0.389 e. The highest BCUT2D eigenvalue weighted by molar-refractivity contribution is 5.06. The van der Waals surface area contributed by atoms with Gasteiger partial charge in [0.25, 0.3) is 0 Å². The van der Waals surface area contributed by atoms with E-state index in [1.54, 1.807) is 13.0 Å². The zero-order valence-corrected chi connectivity index (χ0v) is 12.4. The van der Waals surface area contributed by atoms with E-state index in [1.165, 1.54) is 0 Å². The lowest BCUT2D eigenvalue weighted by atomic mass is 9.96. The lowest BCUT2D eigenvalue weighted by Gasteiger charge is -2.17. The minimum atomic E-state index is -0.758. The highest BCUT2D eigenvalue weighted by Crippen LogP contribution is 2.16. The van der Waals surface area contributed by atoms with Gasteiger partial charge in [-0.05, 0) is 39.0 Å². The van der Waals surface area contributed by atoms with Crippen molar-refractivity contribution in [2.75, 3.05) is 0 Å². The molecule has 0 saturated carbocycles. The van der Waals surface area contributed by atoms with E-state index in [0.29, 0.717) is 12.8 Å². The average molecular weight is 264 g/mol. The predicted octanol–water partition coefficient (Wildman–Crippen LogP) is 3.78. The van der Waals surface area contributed by atoms with Gasteiger partial charge in [-0.2, -0.15) is 0 Å². The van der Waals surface area contributed by atoms with Crippen LogP contribution in [-0.4, -0.2) is 21.9 Å². The Labute approximate surface area is 117 Å². The van der Waals surface area contributed by atoms with Crippen LogP contribution in [0.2, 0.25) is 0 Å². The second-order valence-corrected chi connectivity index (χ2v) is 5.02. The summed E-state index contributed by atoms with van der Waals surface area (Å²) >= 11 is 0. The van der Waals surface area contributed by atoms with E-state index in [9.17, 15) is 10.2 Å². The summed E-state index contributed by atoms with van der Waals surface area (Å²) in [6.45, 7) is 9.47. The number of hydrogen-bond donors (Lipinski definition) is 2. The van der Waals surface area contributed by atoms with Crippen molar-refractivity contribution < 1.29 is 10.2 Å². The number of aliphatic hydroxyl groups excluding tert-OH is 1. The van der Waals surface area contributed by atoms with Crippen molar-refractivity contribution in [1.29, 1.82) is 0 Å². The van der Waals surface area contributed by atoms with Crippen LogP contribution in [0.5, 0.6) is 0 Å². The Hall–Kier alpha value is -1.12. The second-order valence-electron chi connectivity index (χ2n) is 5.02. The summed E-state index contributed by atoms with van der Waals surface area (Å²) in [5.74, 6) is 0.183. The summed E-state index contributed by atoms with van der Waals surface area (Å²) in [5.41, 5.74) is -0.758. The van der Waals surface area contributed by atoms with Crippen LogP contribution >= 0.6 is 0 Å². The lowest BCUT2D eigenvalue weighted by molar-refractivity contribution is 0.107. The molecule has 0 aromatic carbocycles. The Balaban J connectivity index is 4.24. The van der Waals surface area contributed by atoms with Gasteiger partial charge in [0.05, 0.1) is 11.7 Å². The van der Waals surface area contributed by atoms with Gasteiger partial charge in [0.2, 0.25) is 0 Å². The Kier molecular flexibility index (Phi) is 9.19. The molecule has 2 N–H and O–H groups in total. The summed E-state index contributed by atoms with van der Waals surface area (Å²) in [5, 5.41) is 19.7. The van der Waals surface area contributed by atoms with E-state index in [-0.39, 0.29) is 5.92 Å². The molecule has 0 radical (unpaired) electrons. The molecule has 0 rings (SSSR count). The van der Waals surface area contributed by atoms with Gasteiger partial charge in [-0.25, -0.2) is 0 Å². The second kappa shape index (κ2) is 9.76. The summed E-state index contributed by atoms with van der Waals surface area (Å²) in [6, 6.07) is 0. The normalized spacial score (nSPS) is 19.0. The van der Waals surface area contributed by atoms with Crippen molar-refractivity contribution in [1.82, 2.24) is 0 Å². The molecular formula is C17H28O2. The number of allylic oxidation sites excluding steroid dienone is 5. The highest BCUT2D eigenvalue weighted by Gasteiger charge is 2.13. The first kappa shape index (κ1) is 17.9. The monoisotopic (exact) mass is 264 g/mol. The average Bonchev–Trinajstić information content (AvgIpc) is 2.39. The van der Waals surface area contributed by atoms with Gasteiger partial charge in [0, 0.05) is 0 Å². The van der Waals surface area contributed by atoms with Crippen molar-refractivity contribution in [2.24, 2.45) is 5.92 Å². The summed E-state index contributed by atoms with van der Waals surface area (Å²) < 4.78 is 0. The molecule has 0 spiro atoms. The van der Waals surface area contributed by atoms with E-state index >= 15 is 0 Å². The smallest absolute Gasteiger partial charge is 0.0797 e. The van der Waals surface area contributed by atoms with Crippen LogP contribution < -0.4 is 0 Å². The number of aliphatic hydroxyl groups is 2. The SMILES string of the molecule is C=CC(C=CC(C)(O)CC)CCC(O)C=CC=CC. The molecule has 3 atom stereocenters. The van der Waals surface area contributed by atoms with Crippen LogP contribution in [0.15, 0.2) is 49.1 Å². The molecule has 2 nitrogen and oxygen atoms in total. The molecule has 0 saturated heterocycles. The fourth-order valence-electron chi connectivity index (χ4n) is 1.50. The standard InChI is InChI=1S/C17H28O2/c1-5-8-9-10-16(18)12-11-15(6-2)13-14-17(4,19)7-3/h5-6,8-10,13-16,18-19H,2,7,11-12H2,1,3-4H3. The molecule has 0 aliphatic carbocycles. The molecule has 0 aromatic rings. The maximum atomic E-state index is 9.90. The summed E-state index contributed by atoms with van der Waals surface area (Å²) in [7, 11) is 0. The molecule has 19 heavy (non-hydrogen) atoms. The number of hydrogen-bond acceptors (Lipinski definition) is 2. The molecule has 0 aliphatic rings. The topological polar surface area (TPSA) is 40.5 Å². The van der Waals surface area contributed by atoms with Crippen LogP contribution in [0.4, 0.5) is 0 Å². The Morgan fingerprint density at radius 1 is 1.21 bits per heavy atom. The van der Waals surface area contributed by atoms with E-state index < -0.39 is 11.7 Å². The Bertz CT molecular complexity index is 324.